The predicted molar refractivity (Wildman–Crippen MR) is 132 cm³/mol. The zero-order valence-corrected chi connectivity index (χ0v) is 20.2. The molecule has 0 saturated carbocycles. The van der Waals surface area contributed by atoms with Gasteiger partial charge in [0.1, 0.15) is 5.75 Å². The van der Waals surface area contributed by atoms with Gasteiger partial charge in [-0.25, -0.2) is 4.79 Å². The third kappa shape index (κ3) is 16.8. The van der Waals surface area contributed by atoms with Crippen LogP contribution >= 0.6 is 0 Å². The van der Waals surface area contributed by atoms with Crippen LogP contribution in [-0.4, -0.2) is 17.2 Å². The van der Waals surface area contributed by atoms with Crippen LogP contribution in [0.15, 0.2) is 30.3 Å². The van der Waals surface area contributed by atoms with Gasteiger partial charge in [0.25, 0.3) is 0 Å². The Bertz CT molecular complexity index is 514. The second kappa shape index (κ2) is 20.4. The predicted octanol–water partition coefficient (Wildman–Crippen LogP) is 8.95. The zero-order valence-electron chi connectivity index (χ0n) is 20.2. The Morgan fingerprint density at radius 3 is 1.45 bits per heavy atom. The minimum absolute atomic E-state index is 0.586. The van der Waals surface area contributed by atoms with Crippen molar-refractivity contribution < 1.29 is 14.6 Å². The van der Waals surface area contributed by atoms with Crippen LogP contribution < -0.4 is 4.74 Å². The summed E-state index contributed by atoms with van der Waals surface area (Å²) in [7, 11) is 0. The van der Waals surface area contributed by atoms with Crippen molar-refractivity contribution in [2.45, 2.75) is 135 Å². The lowest BCUT2D eigenvalue weighted by molar-refractivity contribution is -0.145. The maximum atomic E-state index is 11.4. The lowest BCUT2D eigenvalue weighted by Gasteiger charge is -2.14. The number of aliphatic carboxylic acids is 1. The van der Waals surface area contributed by atoms with Gasteiger partial charge in [0.05, 0.1) is 0 Å². The molecule has 0 aliphatic rings. The summed E-state index contributed by atoms with van der Waals surface area (Å²) >= 11 is 0. The molecule has 1 aromatic rings. The number of carboxylic acids is 1. The van der Waals surface area contributed by atoms with E-state index in [1.165, 1.54) is 103 Å². The molecule has 0 aromatic heterocycles. The fraction of sp³-hybridized carbons (Fsp3) is 0.750. The van der Waals surface area contributed by atoms with Gasteiger partial charge >= 0.3 is 5.97 Å². The Kier molecular flexibility index (Phi) is 18.1. The third-order valence-corrected chi connectivity index (χ3v) is 6.12. The summed E-state index contributed by atoms with van der Waals surface area (Å²) in [5.74, 6) is -0.229. The van der Waals surface area contributed by atoms with E-state index in [1.54, 1.807) is 0 Å². The summed E-state index contributed by atoms with van der Waals surface area (Å²) in [6.07, 6.45) is 24.0. The molecule has 0 spiro atoms. The molecule has 0 amide bonds. The van der Waals surface area contributed by atoms with E-state index in [0.717, 1.165) is 12.8 Å². The van der Waals surface area contributed by atoms with Crippen LogP contribution in [0, 0.1) is 0 Å². The maximum absolute atomic E-state index is 11.4. The molecule has 0 radical (unpaired) electrons. The van der Waals surface area contributed by atoms with Crippen molar-refractivity contribution in [1.29, 1.82) is 0 Å². The molecule has 1 rings (SSSR count). The van der Waals surface area contributed by atoms with Crippen molar-refractivity contribution in [2.75, 3.05) is 0 Å². The molecule has 0 bridgehead atoms. The molecule has 1 aromatic carbocycles. The van der Waals surface area contributed by atoms with Gasteiger partial charge in [0.2, 0.25) is 0 Å². The van der Waals surface area contributed by atoms with E-state index < -0.39 is 12.1 Å². The molecule has 3 heteroatoms. The summed E-state index contributed by atoms with van der Waals surface area (Å²) < 4.78 is 5.61. The first-order valence-corrected chi connectivity index (χ1v) is 13.2. The lowest BCUT2D eigenvalue weighted by Crippen LogP contribution is -2.26. The number of para-hydroxylation sites is 1. The Balaban J connectivity index is 1.84. The standard InChI is InChI=1S/C28H48O3/c1-2-3-4-5-6-7-8-9-10-11-12-13-14-15-16-17-18-22-25-27(28(29)30)31-26-23-20-19-21-24-26/h19-21,23-24,27H,2-18,22,25H2,1H3,(H,29,30). The smallest absolute Gasteiger partial charge is 0.344 e. The van der Waals surface area contributed by atoms with Crippen molar-refractivity contribution >= 4 is 5.97 Å². The van der Waals surface area contributed by atoms with Crippen molar-refractivity contribution in [3.63, 3.8) is 0 Å². The van der Waals surface area contributed by atoms with Gasteiger partial charge in [-0.05, 0) is 25.0 Å². The molecule has 0 fully saturated rings. The van der Waals surface area contributed by atoms with E-state index >= 15 is 0 Å². The second-order valence-corrected chi connectivity index (χ2v) is 9.06. The van der Waals surface area contributed by atoms with E-state index in [-0.39, 0.29) is 0 Å². The number of hydrogen-bond acceptors (Lipinski definition) is 2. The highest BCUT2D eigenvalue weighted by Crippen LogP contribution is 2.17. The van der Waals surface area contributed by atoms with Gasteiger partial charge in [-0.15, -0.1) is 0 Å². The molecular formula is C28H48O3. The molecule has 0 heterocycles. The largest absolute Gasteiger partial charge is 0.479 e. The van der Waals surface area contributed by atoms with Gasteiger partial charge in [-0.1, -0.05) is 134 Å². The van der Waals surface area contributed by atoms with E-state index in [9.17, 15) is 9.90 Å². The fourth-order valence-electron chi connectivity index (χ4n) is 4.13. The van der Waals surface area contributed by atoms with Crippen LogP contribution in [0.2, 0.25) is 0 Å². The molecule has 0 saturated heterocycles. The van der Waals surface area contributed by atoms with Gasteiger partial charge in [0, 0.05) is 0 Å². The van der Waals surface area contributed by atoms with Crippen LogP contribution in [0.3, 0.4) is 0 Å². The summed E-state index contributed by atoms with van der Waals surface area (Å²) in [5.41, 5.74) is 0. The number of hydrogen-bond donors (Lipinski definition) is 1. The Labute approximate surface area is 192 Å². The molecule has 1 atom stereocenters. The van der Waals surface area contributed by atoms with E-state index in [4.69, 9.17) is 4.74 Å². The van der Waals surface area contributed by atoms with Crippen LogP contribution in [0.4, 0.5) is 0 Å². The number of unbranched alkanes of at least 4 members (excludes halogenated alkanes) is 17. The minimum Gasteiger partial charge on any atom is -0.479 e. The summed E-state index contributed by atoms with van der Waals surface area (Å²) in [4.78, 5) is 11.4. The highest BCUT2D eigenvalue weighted by molar-refractivity contribution is 5.72. The van der Waals surface area contributed by atoms with Gasteiger partial charge in [-0.2, -0.15) is 0 Å². The number of ether oxygens (including phenoxy) is 1. The Hall–Kier alpha value is -1.51. The monoisotopic (exact) mass is 432 g/mol. The van der Waals surface area contributed by atoms with Crippen molar-refractivity contribution in [1.82, 2.24) is 0 Å². The van der Waals surface area contributed by atoms with Crippen molar-refractivity contribution in [3.05, 3.63) is 30.3 Å². The number of carbonyl (C=O) groups is 1. The van der Waals surface area contributed by atoms with Crippen LogP contribution in [-0.2, 0) is 4.79 Å². The Morgan fingerprint density at radius 1 is 0.677 bits per heavy atom. The van der Waals surface area contributed by atoms with E-state index in [0.29, 0.717) is 12.2 Å². The van der Waals surface area contributed by atoms with Gasteiger partial charge in [-0.3, -0.25) is 0 Å². The van der Waals surface area contributed by atoms with Gasteiger partial charge in [0.15, 0.2) is 6.10 Å². The lowest BCUT2D eigenvalue weighted by atomic mass is 10.0. The highest BCUT2D eigenvalue weighted by atomic mass is 16.5. The normalized spacial score (nSPS) is 12.0. The summed E-state index contributed by atoms with van der Waals surface area (Å²) in [6.45, 7) is 2.28. The second-order valence-electron chi connectivity index (χ2n) is 9.06. The topological polar surface area (TPSA) is 46.5 Å². The number of rotatable bonds is 22. The van der Waals surface area contributed by atoms with Crippen LogP contribution in [0.25, 0.3) is 0 Å². The molecule has 0 aliphatic heterocycles. The number of benzene rings is 1. The van der Waals surface area contributed by atoms with Crippen LogP contribution in [0.5, 0.6) is 5.75 Å². The molecule has 1 unspecified atom stereocenters. The van der Waals surface area contributed by atoms with Gasteiger partial charge < -0.3 is 9.84 Å². The quantitative estimate of drug-likeness (QED) is 0.186. The minimum atomic E-state index is -0.865. The average Bonchev–Trinajstić information content (AvgIpc) is 2.78. The molecular weight excluding hydrogens is 384 g/mol. The SMILES string of the molecule is CCCCCCCCCCCCCCCCCCCCC(Oc1ccccc1)C(=O)O. The summed E-state index contributed by atoms with van der Waals surface area (Å²) in [6, 6.07) is 9.26. The molecule has 178 valence electrons. The Morgan fingerprint density at radius 2 is 1.06 bits per heavy atom. The first kappa shape index (κ1) is 27.5. The average molecular weight is 433 g/mol. The summed E-state index contributed by atoms with van der Waals surface area (Å²) in [5, 5.41) is 9.35. The fourth-order valence-corrected chi connectivity index (χ4v) is 4.13. The van der Waals surface area contributed by atoms with E-state index in [2.05, 4.69) is 6.92 Å². The molecule has 1 N–H and O–H groups in total. The van der Waals surface area contributed by atoms with Crippen LogP contribution in [0.1, 0.15) is 129 Å². The molecule has 3 nitrogen and oxygen atoms in total. The number of carboxylic acid groups (broad SMARTS) is 1. The van der Waals surface area contributed by atoms with Crippen molar-refractivity contribution in [2.24, 2.45) is 0 Å². The maximum Gasteiger partial charge on any atom is 0.344 e. The zero-order chi connectivity index (χ0) is 22.4. The highest BCUT2D eigenvalue weighted by Gasteiger charge is 2.18. The first-order chi connectivity index (χ1) is 15.2. The third-order valence-electron chi connectivity index (χ3n) is 6.12. The molecule has 31 heavy (non-hydrogen) atoms. The molecule has 0 aliphatic carbocycles. The first-order valence-electron chi connectivity index (χ1n) is 13.2. The van der Waals surface area contributed by atoms with E-state index in [1.807, 2.05) is 30.3 Å². The van der Waals surface area contributed by atoms with Crippen molar-refractivity contribution in [3.8, 4) is 5.75 Å².